The molecule has 0 aromatic carbocycles. The first-order chi connectivity index (χ1) is 9.36. The van der Waals surface area contributed by atoms with Gasteiger partial charge < -0.3 is 14.6 Å². The summed E-state index contributed by atoms with van der Waals surface area (Å²) >= 11 is 0. The van der Waals surface area contributed by atoms with Crippen LogP contribution in [0.2, 0.25) is 0 Å². The maximum absolute atomic E-state index is 12.0. The molecule has 4 unspecified atom stereocenters. The second-order valence-electron chi connectivity index (χ2n) is 6.73. The predicted octanol–water partition coefficient (Wildman–Crippen LogP) is 0.900. The van der Waals surface area contributed by atoms with E-state index in [0.29, 0.717) is 32.7 Å². The molecule has 1 N–H and O–H groups in total. The van der Waals surface area contributed by atoms with Crippen LogP contribution in [-0.4, -0.2) is 56.1 Å². The summed E-state index contributed by atoms with van der Waals surface area (Å²) in [6, 6.07) is 0. The van der Waals surface area contributed by atoms with E-state index >= 15 is 0 Å². The standard InChI is InChI=1S/C14H24O5S/c1-20(16,17)12-3-2-5-14(12,15)11-4-7-19-13(9-11)6-8-18-10-13/h11-12,15H,2-10H2,1H3. The summed E-state index contributed by atoms with van der Waals surface area (Å²) in [5, 5.41) is 10.5. The SMILES string of the molecule is CS(=O)(=O)C1CCCC1(O)C1CCOC2(CCOC2)C1. The Hall–Kier alpha value is -0.170. The molecule has 1 aliphatic carbocycles. The van der Waals surface area contributed by atoms with Crippen molar-refractivity contribution in [3.8, 4) is 0 Å². The van der Waals surface area contributed by atoms with Gasteiger partial charge in [-0.2, -0.15) is 0 Å². The molecule has 20 heavy (non-hydrogen) atoms. The van der Waals surface area contributed by atoms with E-state index in [4.69, 9.17) is 9.47 Å². The molecule has 1 saturated carbocycles. The van der Waals surface area contributed by atoms with Gasteiger partial charge in [0.2, 0.25) is 0 Å². The van der Waals surface area contributed by atoms with Gasteiger partial charge in [0, 0.05) is 25.9 Å². The van der Waals surface area contributed by atoms with Crippen molar-refractivity contribution in [3.63, 3.8) is 0 Å². The van der Waals surface area contributed by atoms with Crippen LogP contribution in [0, 0.1) is 5.92 Å². The van der Waals surface area contributed by atoms with Crippen molar-refractivity contribution in [1.82, 2.24) is 0 Å². The van der Waals surface area contributed by atoms with Gasteiger partial charge in [-0.05, 0) is 38.0 Å². The highest BCUT2D eigenvalue weighted by atomic mass is 32.2. The monoisotopic (exact) mass is 304 g/mol. The Kier molecular flexibility index (Phi) is 3.64. The van der Waals surface area contributed by atoms with E-state index in [9.17, 15) is 13.5 Å². The number of ether oxygens (including phenoxy) is 2. The Morgan fingerprint density at radius 2 is 2.00 bits per heavy atom. The smallest absolute Gasteiger partial charge is 0.153 e. The first kappa shape index (κ1) is 14.8. The van der Waals surface area contributed by atoms with E-state index in [1.807, 2.05) is 0 Å². The summed E-state index contributed by atoms with van der Waals surface area (Å²) < 4.78 is 35.3. The van der Waals surface area contributed by atoms with Crippen LogP contribution in [0.25, 0.3) is 0 Å². The number of sulfone groups is 1. The molecular weight excluding hydrogens is 280 g/mol. The second-order valence-corrected chi connectivity index (χ2v) is 8.95. The number of hydrogen-bond acceptors (Lipinski definition) is 5. The highest BCUT2D eigenvalue weighted by Crippen LogP contribution is 2.47. The lowest BCUT2D eigenvalue weighted by Gasteiger charge is -2.45. The molecule has 4 atom stereocenters. The van der Waals surface area contributed by atoms with Crippen molar-refractivity contribution in [2.24, 2.45) is 5.92 Å². The molecule has 3 rings (SSSR count). The minimum Gasteiger partial charge on any atom is -0.388 e. The van der Waals surface area contributed by atoms with Crippen LogP contribution in [-0.2, 0) is 19.3 Å². The summed E-state index contributed by atoms with van der Waals surface area (Å²) in [4.78, 5) is 0. The molecule has 0 aromatic heterocycles. The van der Waals surface area contributed by atoms with Crippen LogP contribution in [0.15, 0.2) is 0 Å². The lowest BCUT2D eigenvalue weighted by Crippen LogP contribution is -2.54. The fraction of sp³-hybridized carbons (Fsp3) is 1.00. The van der Waals surface area contributed by atoms with Crippen LogP contribution in [0.4, 0.5) is 0 Å². The van der Waals surface area contributed by atoms with E-state index in [1.54, 1.807) is 0 Å². The second kappa shape index (κ2) is 4.93. The van der Waals surface area contributed by atoms with E-state index in [1.165, 1.54) is 6.26 Å². The predicted molar refractivity (Wildman–Crippen MR) is 74.3 cm³/mol. The van der Waals surface area contributed by atoms with Gasteiger partial charge in [-0.15, -0.1) is 0 Å². The van der Waals surface area contributed by atoms with Crippen LogP contribution < -0.4 is 0 Å². The lowest BCUT2D eigenvalue weighted by atomic mass is 9.74. The van der Waals surface area contributed by atoms with E-state index < -0.39 is 20.7 Å². The van der Waals surface area contributed by atoms with E-state index in [2.05, 4.69) is 0 Å². The van der Waals surface area contributed by atoms with Crippen molar-refractivity contribution in [3.05, 3.63) is 0 Å². The average molecular weight is 304 g/mol. The molecule has 0 aromatic rings. The Balaban J connectivity index is 1.83. The van der Waals surface area contributed by atoms with Gasteiger partial charge in [0.05, 0.1) is 23.1 Å². The van der Waals surface area contributed by atoms with Gasteiger partial charge in [0.1, 0.15) is 0 Å². The number of hydrogen-bond donors (Lipinski definition) is 1. The molecule has 1 spiro atoms. The van der Waals surface area contributed by atoms with Gasteiger partial charge in [0.25, 0.3) is 0 Å². The van der Waals surface area contributed by atoms with Gasteiger partial charge in [0.15, 0.2) is 9.84 Å². The van der Waals surface area contributed by atoms with Crippen molar-refractivity contribution in [1.29, 1.82) is 0 Å². The summed E-state index contributed by atoms with van der Waals surface area (Å²) in [5.41, 5.74) is -1.36. The first-order valence-electron chi connectivity index (χ1n) is 7.49. The average Bonchev–Trinajstić information content (AvgIpc) is 2.97. The molecular formula is C14H24O5S. The largest absolute Gasteiger partial charge is 0.388 e. The molecule has 116 valence electrons. The Labute approximate surface area is 120 Å². The third kappa shape index (κ3) is 2.40. The molecule has 3 fully saturated rings. The zero-order valence-corrected chi connectivity index (χ0v) is 12.8. The van der Waals surface area contributed by atoms with E-state index in [-0.39, 0.29) is 11.5 Å². The Morgan fingerprint density at radius 1 is 1.20 bits per heavy atom. The molecule has 0 bridgehead atoms. The minimum atomic E-state index is -3.22. The zero-order valence-electron chi connectivity index (χ0n) is 12.0. The summed E-state index contributed by atoms with van der Waals surface area (Å²) in [6.45, 7) is 1.86. The van der Waals surface area contributed by atoms with E-state index in [0.717, 1.165) is 25.7 Å². The Morgan fingerprint density at radius 3 is 2.65 bits per heavy atom. The highest BCUT2D eigenvalue weighted by Gasteiger charge is 2.55. The fourth-order valence-corrected chi connectivity index (χ4v) is 6.00. The lowest BCUT2D eigenvalue weighted by molar-refractivity contribution is -0.140. The van der Waals surface area contributed by atoms with Crippen molar-refractivity contribution < 1.29 is 23.0 Å². The summed E-state index contributed by atoms with van der Waals surface area (Å²) in [5.74, 6) is 0.000162. The normalized spacial score (nSPS) is 46.1. The third-order valence-electron chi connectivity index (χ3n) is 5.38. The Bertz CT molecular complexity index is 468. The molecule has 2 saturated heterocycles. The van der Waals surface area contributed by atoms with Gasteiger partial charge in [-0.3, -0.25) is 0 Å². The quantitative estimate of drug-likeness (QED) is 0.820. The van der Waals surface area contributed by atoms with Gasteiger partial charge >= 0.3 is 0 Å². The molecule has 6 heteroatoms. The van der Waals surface area contributed by atoms with Crippen molar-refractivity contribution in [2.75, 3.05) is 26.1 Å². The topological polar surface area (TPSA) is 72.8 Å². The number of rotatable bonds is 2. The highest BCUT2D eigenvalue weighted by molar-refractivity contribution is 7.91. The van der Waals surface area contributed by atoms with Crippen LogP contribution >= 0.6 is 0 Å². The molecule has 0 radical (unpaired) electrons. The van der Waals surface area contributed by atoms with Crippen molar-refractivity contribution in [2.45, 2.75) is 55.0 Å². The molecule has 0 amide bonds. The van der Waals surface area contributed by atoms with Crippen molar-refractivity contribution >= 4 is 9.84 Å². The van der Waals surface area contributed by atoms with Gasteiger partial charge in [-0.25, -0.2) is 8.42 Å². The van der Waals surface area contributed by atoms with Crippen LogP contribution in [0.5, 0.6) is 0 Å². The number of aliphatic hydroxyl groups is 1. The third-order valence-corrected chi connectivity index (χ3v) is 7.06. The minimum absolute atomic E-state index is 0.000162. The van der Waals surface area contributed by atoms with Gasteiger partial charge in [-0.1, -0.05) is 0 Å². The molecule has 3 aliphatic rings. The summed E-state index contributed by atoms with van der Waals surface area (Å²) in [7, 11) is -3.22. The zero-order chi connectivity index (χ0) is 14.4. The molecule has 5 nitrogen and oxygen atoms in total. The van der Waals surface area contributed by atoms with Crippen LogP contribution in [0.1, 0.15) is 38.5 Å². The fourth-order valence-electron chi connectivity index (χ4n) is 4.35. The van der Waals surface area contributed by atoms with Crippen LogP contribution in [0.3, 0.4) is 0 Å². The molecule has 2 aliphatic heterocycles. The maximum atomic E-state index is 12.0. The molecule has 2 heterocycles. The first-order valence-corrected chi connectivity index (χ1v) is 9.44. The summed E-state index contributed by atoms with van der Waals surface area (Å²) in [6.07, 6.45) is 5.52. The maximum Gasteiger partial charge on any atom is 0.153 e.